The van der Waals surface area contributed by atoms with Gasteiger partial charge in [0.25, 0.3) is 0 Å². The quantitative estimate of drug-likeness (QED) is 0.855. The molecule has 3 heteroatoms. The molecule has 3 nitrogen and oxygen atoms in total. The molecule has 0 aliphatic carbocycles. The van der Waals surface area contributed by atoms with Gasteiger partial charge in [-0.3, -0.25) is 0 Å². The van der Waals surface area contributed by atoms with Crippen LogP contribution in [0.3, 0.4) is 0 Å². The molecule has 0 heterocycles. The standard InChI is InChI=1S/C13H18O3/c1-9(12(14)15)16-11-7-5-6-10(8-11)13(2,3)4/h5-9H,1-4H3,(H,14,15)/t9-/m1/s1. The lowest BCUT2D eigenvalue weighted by molar-refractivity contribution is -0.144. The number of rotatable bonds is 3. The van der Waals surface area contributed by atoms with E-state index in [4.69, 9.17) is 9.84 Å². The molecule has 1 aromatic rings. The summed E-state index contributed by atoms with van der Waals surface area (Å²) < 4.78 is 5.31. The molecule has 0 aromatic heterocycles. The lowest BCUT2D eigenvalue weighted by atomic mass is 9.87. The number of benzene rings is 1. The second-order valence-corrected chi connectivity index (χ2v) is 4.88. The van der Waals surface area contributed by atoms with Crippen molar-refractivity contribution in [1.29, 1.82) is 0 Å². The van der Waals surface area contributed by atoms with Crippen molar-refractivity contribution in [3.05, 3.63) is 29.8 Å². The summed E-state index contributed by atoms with van der Waals surface area (Å²) >= 11 is 0. The van der Waals surface area contributed by atoms with Crippen LogP contribution in [0, 0.1) is 0 Å². The van der Waals surface area contributed by atoms with Crippen molar-refractivity contribution < 1.29 is 14.6 Å². The van der Waals surface area contributed by atoms with Crippen molar-refractivity contribution in [2.75, 3.05) is 0 Å². The Labute approximate surface area is 96.1 Å². The molecule has 16 heavy (non-hydrogen) atoms. The molecule has 0 spiro atoms. The summed E-state index contributed by atoms with van der Waals surface area (Å²) in [6.07, 6.45) is -0.824. The van der Waals surface area contributed by atoms with Crippen molar-refractivity contribution in [3.8, 4) is 5.75 Å². The molecule has 0 amide bonds. The summed E-state index contributed by atoms with van der Waals surface area (Å²) in [7, 11) is 0. The first kappa shape index (κ1) is 12.6. The summed E-state index contributed by atoms with van der Waals surface area (Å²) in [5, 5.41) is 8.75. The highest BCUT2D eigenvalue weighted by Crippen LogP contribution is 2.25. The van der Waals surface area contributed by atoms with Gasteiger partial charge in [-0.2, -0.15) is 0 Å². The average molecular weight is 222 g/mol. The Hall–Kier alpha value is -1.51. The maximum absolute atomic E-state index is 10.7. The van der Waals surface area contributed by atoms with Crippen molar-refractivity contribution in [2.45, 2.75) is 39.2 Å². The van der Waals surface area contributed by atoms with Gasteiger partial charge in [0, 0.05) is 0 Å². The lowest BCUT2D eigenvalue weighted by Crippen LogP contribution is -2.23. The molecule has 0 unspecified atom stereocenters. The van der Waals surface area contributed by atoms with E-state index in [1.165, 1.54) is 6.92 Å². The van der Waals surface area contributed by atoms with Gasteiger partial charge in [0.1, 0.15) is 5.75 Å². The number of ether oxygens (including phenoxy) is 1. The zero-order valence-electron chi connectivity index (χ0n) is 10.2. The first-order valence-electron chi connectivity index (χ1n) is 5.30. The Kier molecular flexibility index (Phi) is 3.58. The number of carboxylic acids is 1. The van der Waals surface area contributed by atoms with Gasteiger partial charge >= 0.3 is 5.97 Å². The van der Waals surface area contributed by atoms with E-state index < -0.39 is 12.1 Å². The predicted molar refractivity (Wildman–Crippen MR) is 62.9 cm³/mol. The van der Waals surface area contributed by atoms with Gasteiger partial charge in [0.2, 0.25) is 0 Å². The average Bonchev–Trinajstić information content (AvgIpc) is 2.16. The highest BCUT2D eigenvalue weighted by molar-refractivity contribution is 5.72. The largest absolute Gasteiger partial charge is 0.479 e. The summed E-state index contributed by atoms with van der Waals surface area (Å²) in [4.78, 5) is 10.7. The van der Waals surface area contributed by atoms with Crippen molar-refractivity contribution in [1.82, 2.24) is 0 Å². The van der Waals surface area contributed by atoms with E-state index in [0.29, 0.717) is 5.75 Å². The maximum Gasteiger partial charge on any atom is 0.344 e. The number of hydrogen-bond donors (Lipinski definition) is 1. The van der Waals surface area contributed by atoms with E-state index in [-0.39, 0.29) is 5.41 Å². The van der Waals surface area contributed by atoms with E-state index in [0.717, 1.165) is 5.56 Å². The van der Waals surface area contributed by atoms with Crippen LogP contribution in [0.2, 0.25) is 0 Å². The monoisotopic (exact) mass is 222 g/mol. The zero-order valence-corrected chi connectivity index (χ0v) is 10.2. The van der Waals surface area contributed by atoms with E-state index in [1.54, 1.807) is 6.07 Å². The number of aliphatic carboxylic acids is 1. The zero-order chi connectivity index (χ0) is 12.3. The van der Waals surface area contributed by atoms with Crippen LogP contribution < -0.4 is 4.74 Å². The summed E-state index contributed by atoms with van der Waals surface area (Å²) in [6.45, 7) is 7.83. The fourth-order valence-electron chi connectivity index (χ4n) is 1.29. The third-order valence-electron chi connectivity index (χ3n) is 2.36. The molecule has 0 radical (unpaired) electrons. The first-order valence-corrected chi connectivity index (χ1v) is 5.30. The molecule has 0 saturated heterocycles. The Morgan fingerprint density at radius 3 is 2.50 bits per heavy atom. The summed E-state index contributed by atoms with van der Waals surface area (Å²) in [6, 6.07) is 7.55. The topological polar surface area (TPSA) is 46.5 Å². The number of carboxylic acid groups (broad SMARTS) is 1. The lowest BCUT2D eigenvalue weighted by Gasteiger charge is -2.20. The van der Waals surface area contributed by atoms with Crippen LogP contribution in [0.15, 0.2) is 24.3 Å². The minimum atomic E-state index is -0.957. The minimum Gasteiger partial charge on any atom is -0.479 e. The van der Waals surface area contributed by atoms with E-state index >= 15 is 0 Å². The van der Waals surface area contributed by atoms with Crippen LogP contribution in [0.1, 0.15) is 33.3 Å². The van der Waals surface area contributed by atoms with Crippen LogP contribution >= 0.6 is 0 Å². The molecule has 1 atom stereocenters. The van der Waals surface area contributed by atoms with E-state index in [9.17, 15) is 4.79 Å². The Morgan fingerprint density at radius 1 is 1.38 bits per heavy atom. The van der Waals surface area contributed by atoms with Crippen LogP contribution in [-0.4, -0.2) is 17.2 Å². The Balaban J connectivity index is 2.87. The molecule has 0 saturated carbocycles. The molecule has 0 aliphatic heterocycles. The van der Waals surface area contributed by atoms with Crippen LogP contribution in [0.4, 0.5) is 0 Å². The van der Waals surface area contributed by atoms with Crippen molar-refractivity contribution in [2.24, 2.45) is 0 Å². The smallest absolute Gasteiger partial charge is 0.344 e. The van der Waals surface area contributed by atoms with Gasteiger partial charge in [0.15, 0.2) is 6.10 Å². The number of carbonyl (C=O) groups is 1. The molecule has 88 valence electrons. The predicted octanol–water partition coefficient (Wildman–Crippen LogP) is 2.84. The van der Waals surface area contributed by atoms with E-state index in [1.807, 2.05) is 18.2 Å². The molecule has 0 aliphatic rings. The highest BCUT2D eigenvalue weighted by Gasteiger charge is 2.16. The fraction of sp³-hybridized carbons (Fsp3) is 0.462. The highest BCUT2D eigenvalue weighted by atomic mass is 16.5. The first-order chi connectivity index (χ1) is 7.30. The van der Waals surface area contributed by atoms with Crippen molar-refractivity contribution >= 4 is 5.97 Å². The molecular formula is C13H18O3. The SMILES string of the molecule is C[C@@H](Oc1cccc(C(C)(C)C)c1)C(=O)O. The molecule has 1 aromatic carbocycles. The van der Waals surface area contributed by atoms with Gasteiger partial charge < -0.3 is 9.84 Å². The molecule has 1 N–H and O–H groups in total. The fourth-order valence-corrected chi connectivity index (χ4v) is 1.29. The third-order valence-corrected chi connectivity index (χ3v) is 2.36. The Morgan fingerprint density at radius 2 is 2.00 bits per heavy atom. The van der Waals surface area contributed by atoms with E-state index in [2.05, 4.69) is 20.8 Å². The van der Waals surface area contributed by atoms with Gasteiger partial charge in [-0.05, 0) is 30.0 Å². The van der Waals surface area contributed by atoms with Crippen LogP contribution in [0.5, 0.6) is 5.75 Å². The van der Waals surface area contributed by atoms with Crippen molar-refractivity contribution in [3.63, 3.8) is 0 Å². The summed E-state index contributed by atoms with van der Waals surface area (Å²) in [5.41, 5.74) is 1.16. The number of hydrogen-bond acceptors (Lipinski definition) is 2. The van der Waals surface area contributed by atoms with Gasteiger partial charge in [-0.25, -0.2) is 4.79 Å². The van der Waals surface area contributed by atoms with Gasteiger partial charge in [-0.1, -0.05) is 32.9 Å². The van der Waals surface area contributed by atoms with Gasteiger partial charge in [-0.15, -0.1) is 0 Å². The third kappa shape index (κ3) is 3.26. The minimum absolute atomic E-state index is 0.0336. The molecule has 1 rings (SSSR count). The van der Waals surface area contributed by atoms with Crippen LogP contribution in [-0.2, 0) is 10.2 Å². The maximum atomic E-state index is 10.7. The second kappa shape index (κ2) is 4.56. The molecule has 0 fully saturated rings. The molecular weight excluding hydrogens is 204 g/mol. The Bertz CT molecular complexity index is 377. The van der Waals surface area contributed by atoms with Crippen LogP contribution in [0.25, 0.3) is 0 Å². The normalized spacial score (nSPS) is 13.2. The second-order valence-electron chi connectivity index (χ2n) is 4.88. The summed E-state index contributed by atoms with van der Waals surface area (Å²) in [5.74, 6) is -0.358. The van der Waals surface area contributed by atoms with Gasteiger partial charge in [0.05, 0.1) is 0 Å². The molecule has 0 bridgehead atoms.